The van der Waals surface area contributed by atoms with Crippen molar-refractivity contribution in [3.05, 3.63) is 24.3 Å². The molecule has 11 heteroatoms. The zero-order chi connectivity index (χ0) is 53.3. The first-order valence-electron chi connectivity index (χ1n) is 31.2. The van der Waals surface area contributed by atoms with Crippen molar-refractivity contribution >= 4 is 5.91 Å². The molecule has 0 aromatic rings. The van der Waals surface area contributed by atoms with Crippen molar-refractivity contribution in [3.63, 3.8) is 0 Å². The molecule has 0 radical (unpaired) electrons. The summed E-state index contributed by atoms with van der Waals surface area (Å²) in [7, 11) is 0. The maximum Gasteiger partial charge on any atom is 0.249 e. The predicted octanol–water partition coefficient (Wildman–Crippen LogP) is 13.7. The zero-order valence-electron chi connectivity index (χ0n) is 47.4. The van der Waals surface area contributed by atoms with Gasteiger partial charge in [0, 0.05) is 0 Å². The Bertz CT molecular complexity index is 1240. The summed E-state index contributed by atoms with van der Waals surface area (Å²) < 4.78 is 11.1. The van der Waals surface area contributed by atoms with Crippen LogP contribution in [0.15, 0.2) is 24.3 Å². The molecule has 0 aromatic heterocycles. The van der Waals surface area contributed by atoms with Crippen LogP contribution in [0.2, 0.25) is 0 Å². The second-order valence-electron chi connectivity index (χ2n) is 22.1. The highest BCUT2D eigenvalue weighted by atomic mass is 16.7. The van der Waals surface area contributed by atoms with Crippen LogP contribution >= 0.6 is 0 Å². The molecule has 1 aliphatic rings. The summed E-state index contributed by atoms with van der Waals surface area (Å²) in [6.45, 7) is 3.47. The van der Waals surface area contributed by atoms with Gasteiger partial charge in [0.15, 0.2) is 6.29 Å². The normalized spacial score (nSPS) is 20.0. The first-order chi connectivity index (χ1) is 35.7. The van der Waals surface area contributed by atoms with Crippen LogP contribution in [0.3, 0.4) is 0 Å². The van der Waals surface area contributed by atoms with Crippen molar-refractivity contribution in [3.8, 4) is 0 Å². The Morgan fingerprint density at radius 1 is 0.466 bits per heavy atom. The van der Waals surface area contributed by atoms with Crippen LogP contribution in [0.5, 0.6) is 0 Å². The van der Waals surface area contributed by atoms with Gasteiger partial charge in [0.2, 0.25) is 5.91 Å². The largest absolute Gasteiger partial charge is 0.394 e. The molecule has 1 fully saturated rings. The average Bonchev–Trinajstić information content (AvgIpc) is 3.39. The molecule has 0 spiro atoms. The molecule has 11 nitrogen and oxygen atoms in total. The van der Waals surface area contributed by atoms with Crippen molar-refractivity contribution < 1.29 is 50.0 Å². The molecule has 1 aliphatic heterocycles. The number of ether oxygens (including phenoxy) is 2. The van der Waals surface area contributed by atoms with E-state index in [0.29, 0.717) is 12.8 Å². The third-order valence-electron chi connectivity index (χ3n) is 15.2. The van der Waals surface area contributed by atoms with Crippen molar-refractivity contribution in [1.82, 2.24) is 5.32 Å². The highest BCUT2D eigenvalue weighted by Gasteiger charge is 2.44. The number of allylic oxidation sites excluding steroid dienone is 4. The molecule has 432 valence electrons. The molecule has 9 atom stereocenters. The van der Waals surface area contributed by atoms with Gasteiger partial charge < -0.3 is 50.5 Å². The molecule has 1 rings (SSSR count). The van der Waals surface area contributed by atoms with E-state index >= 15 is 0 Å². The predicted molar refractivity (Wildman–Crippen MR) is 302 cm³/mol. The van der Waals surface area contributed by atoms with Crippen molar-refractivity contribution in [2.75, 3.05) is 13.2 Å². The summed E-state index contributed by atoms with van der Waals surface area (Å²) in [5, 5.41) is 76.2. The van der Waals surface area contributed by atoms with Crippen LogP contribution in [0.25, 0.3) is 0 Å². The van der Waals surface area contributed by atoms with Crippen LogP contribution in [0.4, 0.5) is 0 Å². The molecule has 0 bridgehead atoms. The molecule has 8 N–H and O–H groups in total. The van der Waals surface area contributed by atoms with E-state index in [1.54, 1.807) is 0 Å². The second kappa shape index (κ2) is 51.4. The lowest BCUT2D eigenvalue weighted by Crippen LogP contribution is -2.60. The third kappa shape index (κ3) is 39.6. The number of carbonyl (C=O) groups is 1. The van der Waals surface area contributed by atoms with E-state index in [2.05, 4.69) is 43.5 Å². The van der Waals surface area contributed by atoms with Crippen molar-refractivity contribution in [1.29, 1.82) is 0 Å². The number of rotatable bonds is 54. The van der Waals surface area contributed by atoms with E-state index in [9.17, 15) is 40.5 Å². The Morgan fingerprint density at radius 3 is 1.18 bits per heavy atom. The smallest absolute Gasteiger partial charge is 0.249 e. The molecular formula is C62H119NO10. The Morgan fingerprint density at radius 2 is 0.808 bits per heavy atom. The third-order valence-corrected chi connectivity index (χ3v) is 15.2. The van der Waals surface area contributed by atoms with E-state index in [1.165, 1.54) is 205 Å². The highest BCUT2D eigenvalue weighted by molar-refractivity contribution is 5.80. The summed E-state index contributed by atoms with van der Waals surface area (Å²) in [6, 6.07) is -1.19. The molecule has 1 saturated heterocycles. The number of carbonyl (C=O) groups excluding carboxylic acids is 1. The minimum absolute atomic E-state index is 0.241. The van der Waals surface area contributed by atoms with Crippen molar-refractivity contribution in [2.24, 2.45) is 0 Å². The number of unbranched alkanes of at least 4 members (excludes halogenated alkanes) is 38. The standard InChI is InChI=1S/C62H119NO10/c1-3-5-7-9-11-13-15-17-19-21-22-23-24-25-26-27-28-29-30-31-32-34-35-37-39-41-43-45-47-49-54(65)57(67)53(52-72-62-60(70)59(69)58(68)56(51-64)73-62)63-61(71)55(66)50-48-46-44-42-40-38-36-33-20-18-16-14-12-10-8-6-4-2/h36,38,41,43,53-60,62,64-70H,3-35,37,39-40,42,44-52H2,1-2H3,(H,63,71)/b38-36-,43-41+. The van der Waals surface area contributed by atoms with E-state index < -0.39 is 74.2 Å². The van der Waals surface area contributed by atoms with E-state index in [4.69, 9.17) is 9.47 Å². The van der Waals surface area contributed by atoms with Crippen LogP contribution < -0.4 is 5.32 Å². The summed E-state index contributed by atoms with van der Waals surface area (Å²) in [4.78, 5) is 13.2. The molecule has 0 saturated carbocycles. The average molecular weight is 1040 g/mol. The summed E-state index contributed by atoms with van der Waals surface area (Å²) in [5.41, 5.74) is 0. The van der Waals surface area contributed by atoms with Gasteiger partial charge in [-0.05, 0) is 64.2 Å². The summed E-state index contributed by atoms with van der Waals surface area (Å²) >= 11 is 0. The van der Waals surface area contributed by atoms with Crippen LogP contribution in [-0.4, -0.2) is 110 Å². The molecular weight excluding hydrogens is 919 g/mol. The van der Waals surface area contributed by atoms with E-state index in [1.807, 2.05) is 0 Å². The second-order valence-corrected chi connectivity index (χ2v) is 22.1. The van der Waals surface area contributed by atoms with Crippen LogP contribution in [0, 0.1) is 0 Å². The summed E-state index contributed by atoms with van der Waals surface area (Å²) in [6.07, 6.45) is 51.1. The molecule has 73 heavy (non-hydrogen) atoms. The number of amides is 1. The molecule has 0 aromatic carbocycles. The highest BCUT2D eigenvalue weighted by Crippen LogP contribution is 2.23. The van der Waals surface area contributed by atoms with Gasteiger partial charge in [0.1, 0.15) is 36.6 Å². The van der Waals surface area contributed by atoms with Gasteiger partial charge in [-0.15, -0.1) is 0 Å². The van der Waals surface area contributed by atoms with Gasteiger partial charge in [-0.25, -0.2) is 0 Å². The molecule has 1 amide bonds. The van der Waals surface area contributed by atoms with Crippen LogP contribution in [0.1, 0.15) is 296 Å². The van der Waals surface area contributed by atoms with Gasteiger partial charge in [-0.2, -0.15) is 0 Å². The van der Waals surface area contributed by atoms with Crippen molar-refractivity contribution in [2.45, 2.75) is 351 Å². The quantitative estimate of drug-likeness (QED) is 0.0215. The number of aliphatic hydroxyl groups is 7. The van der Waals surface area contributed by atoms with Gasteiger partial charge in [0.05, 0.1) is 25.4 Å². The maximum atomic E-state index is 13.2. The van der Waals surface area contributed by atoms with E-state index in [0.717, 1.165) is 51.4 Å². The van der Waals surface area contributed by atoms with Crippen LogP contribution in [-0.2, 0) is 14.3 Å². The topological polar surface area (TPSA) is 189 Å². The summed E-state index contributed by atoms with van der Waals surface area (Å²) in [5.74, 6) is -0.711. The molecule has 9 unspecified atom stereocenters. The lowest BCUT2D eigenvalue weighted by atomic mass is 9.98. The fourth-order valence-electron chi connectivity index (χ4n) is 10.1. The molecule has 1 heterocycles. The van der Waals surface area contributed by atoms with Gasteiger partial charge in [-0.1, -0.05) is 256 Å². The number of hydrogen-bond donors (Lipinski definition) is 8. The Kier molecular flexibility index (Phi) is 49.0. The number of aliphatic hydroxyl groups excluding tert-OH is 7. The lowest BCUT2D eigenvalue weighted by Gasteiger charge is -2.40. The molecule has 0 aliphatic carbocycles. The fraction of sp³-hybridized carbons (Fsp3) is 0.919. The first-order valence-corrected chi connectivity index (χ1v) is 31.2. The first kappa shape index (κ1) is 69.6. The Labute approximate surface area is 448 Å². The Balaban J connectivity index is 2.26. The minimum Gasteiger partial charge on any atom is -0.394 e. The van der Waals surface area contributed by atoms with Gasteiger partial charge in [-0.3, -0.25) is 4.79 Å². The SMILES string of the molecule is CCCCCCCCCCC/C=C\CCCCCCC(O)C(=O)NC(COC1OC(CO)C(O)C(O)C1O)C(O)C(O)CCC/C=C/CCCCCCCCCCCCCCCCCCCCCCCCCC. The monoisotopic (exact) mass is 1040 g/mol. The minimum atomic E-state index is -1.67. The fourth-order valence-corrected chi connectivity index (χ4v) is 10.1. The van der Waals surface area contributed by atoms with Gasteiger partial charge in [0.25, 0.3) is 0 Å². The van der Waals surface area contributed by atoms with E-state index in [-0.39, 0.29) is 12.8 Å². The number of nitrogens with one attached hydrogen (secondary N) is 1. The van der Waals surface area contributed by atoms with Gasteiger partial charge >= 0.3 is 0 Å². The number of hydrogen-bond acceptors (Lipinski definition) is 10. The Hall–Kier alpha value is -1.41. The zero-order valence-corrected chi connectivity index (χ0v) is 47.4. The lowest BCUT2D eigenvalue weighted by molar-refractivity contribution is -0.303. The maximum absolute atomic E-state index is 13.2.